The Balaban J connectivity index is 2.70. The van der Waals surface area contributed by atoms with Crippen molar-refractivity contribution in [2.75, 3.05) is 0 Å². The third-order valence-corrected chi connectivity index (χ3v) is 3.14. The zero-order chi connectivity index (χ0) is 12.7. The number of carbonyl (C=O) groups excluding carboxylic acids is 1. The summed E-state index contributed by atoms with van der Waals surface area (Å²) in [7, 11) is 0. The van der Waals surface area contributed by atoms with Crippen LogP contribution in [0.25, 0.3) is 0 Å². The van der Waals surface area contributed by atoms with E-state index in [-0.39, 0.29) is 5.91 Å². The van der Waals surface area contributed by atoms with Gasteiger partial charge in [0.15, 0.2) is 0 Å². The van der Waals surface area contributed by atoms with E-state index in [0.29, 0.717) is 5.03 Å². The van der Waals surface area contributed by atoms with Crippen LogP contribution in [-0.2, 0) is 11.2 Å². The molecule has 1 amide bonds. The highest BCUT2D eigenvalue weighted by molar-refractivity contribution is 8.03. The van der Waals surface area contributed by atoms with Crippen molar-refractivity contribution in [3.63, 3.8) is 0 Å². The highest BCUT2D eigenvalue weighted by Crippen LogP contribution is 2.27. The zero-order valence-electron chi connectivity index (χ0n) is 10.0. The van der Waals surface area contributed by atoms with Gasteiger partial charge < -0.3 is 5.32 Å². The Hall–Kier alpha value is -1.48. The molecule has 0 bridgehead atoms. The van der Waals surface area contributed by atoms with E-state index in [1.807, 2.05) is 18.2 Å². The van der Waals surface area contributed by atoms with Crippen molar-refractivity contribution in [1.82, 2.24) is 5.32 Å². The van der Waals surface area contributed by atoms with Gasteiger partial charge in [0, 0.05) is 4.90 Å². The van der Waals surface area contributed by atoms with Gasteiger partial charge in [-0.3, -0.25) is 4.79 Å². The Labute approximate surface area is 107 Å². The first-order chi connectivity index (χ1) is 8.17. The maximum Gasteiger partial charge on any atom is 0.248 e. The number of carbonyl (C=O) groups is 1. The van der Waals surface area contributed by atoms with Gasteiger partial charge in [0.2, 0.25) is 5.91 Å². The van der Waals surface area contributed by atoms with E-state index in [4.69, 9.17) is 0 Å². The largest absolute Gasteiger partial charge is 0.317 e. The van der Waals surface area contributed by atoms with E-state index >= 15 is 0 Å². The first kappa shape index (κ1) is 13.6. The molecule has 0 aromatic heterocycles. The molecular weight excluding hydrogens is 230 g/mol. The minimum Gasteiger partial charge on any atom is -0.317 e. The average molecular weight is 247 g/mol. The fraction of sp³-hybridized carbons (Fsp3) is 0.214. The Morgan fingerprint density at radius 2 is 2.18 bits per heavy atom. The van der Waals surface area contributed by atoms with Crippen LogP contribution in [0.3, 0.4) is 0 Å². The predicted molar refractivity (Wildman–Crippen MR) is 73.8 cm³/mol. The second-order valence-electron chi connectivity index (χ2n) is 3.58. The Bertz CT molecular complexity index is 426. The minimum absolute atomic E-state index is 0.226. The maximum atomic E-state index is 11.1. The summed E-state index contributed by atoms with van der Waals surface area (Å²) in [5.41, 5.74) is 1.29. The molecule has 0 unspecified atom stereocenters. The summed E-state index contributed by atoms with van der Waals surface area (Å²) < 4.78 is 0. The first-order valence-electron chi connectivity index (χ1n) is 5.55. The summed E-state index contributed by atoms with van der Waals surface area (Å²) in [5.74, 6) is -0.226. The maximum absolute atomic E-state index is 11.1. The number of amides is 1. The van der Waals surface area contributed by atoms with Gasteiger partial charge in [-0.15, -0.1) is 0 Å². The number of hydrogen-bond donors (Lipinski definition) is 1. The molecule has 1 aromatic rings. The van der Waals surface area contributed by atoms with E-state index < -0.39 is 0 Å². The molecule has 2 nitrogen and oxygen atoms in total. The number of benzene rings is 1. The average Bonchev–Trinajstić information content (AvgIpc) is 2.31. The Morgan fingerprint density at radius 3 is 2.82 bits per heavy atom. The van der Waals surface area contributed by atoms with E-state index in [9.17, 15) is 4.79 Å². The van der Waals surface area contributed by atoms with Gasteiger partial charge in [0.25, 0.3) is 0 Å². The molecule has 0 spiro atoms. The van der Waals surface area contributed by atoms with Gasteiger partial charge in [-0.25, -0.2) is 0 Å². The van der Waals surface area contributed by atoms with E-state index in [2.05, 4.69) is 31.5 Å². The molecule has 3 heteroatoms. The van der Waals surface area contributed by atoms with E-state index in [0.717, 1.165) is 17.7 Å². The van der Waals surface area contributed by atoms with Crippen molar-refractivity contribution < 1.29 is 4.79 Å². The number of nitrogens with one attached hydrogen (secondary N) is 1. The monoisotopic (exact) mass is 247 g/mol. The van der Waals surface area contributed by atoms with Crippen molar-refractivity contribution in [3.05, 3.63) is 54.1 Å². The summed E-state index contributed by atoms with van der Waals surface area (Å²) in [5, 5.41) is 3.28. The van der Waals surface area contributed by atoms with Gasteiger partial charge in [0.1, 0.15) is 0 Å². The molecule has 0 aliphatic rings. The number of rotatable bonds is 6. The lowest BCUT2D eigenvalue weighted by Gasteiger charge is -2.10. The van der Waals surface area contributed by atoms with Crippen LogP contribution in [0, 0.1) is 0 Å². The van der Waals surface area contributed by atoms with Gasteiger partial charge in [0.05, 0.1) is 5.03 Å². The van der Waals surface area contributed by atoms with Crippen molar-refractivity contribution in [2.24, 2.45) is 0 Å². The highest BCUT2D eigenvalue weighted by atomic mass is 32.2. The molecule has 1 rings (SSSR count). The van der Waals surface area contributed by atoms with Gasteiger partial charge in [-0.05, 0) is 24.1 Å². The molecule has 0 saturated carbocycles. The molecule has 0 fully saturated rings. The topological polar surface area (TPSA) is 29.1 Å². The highest BCUT2D eigenvalue weighted by Gasteiger charge is 2.05. The van der Waals surface area contributed by atoms with Crippen LogP contribution in [-0.4, -0.2) is 5.91 Å². The molecule has 0 saturated heterocycles. The summed E-state index contributed by atoms with van der Waals surface area (Å²) >= 11 is 1.48. The van der Waals surface area contributed by atoms with Crippen molar-refractivity contribution in [2.45, 2.75) is 24.7 Å². The molecule has 17 heavy (non-hydrogen) atoms. The molecule has 1 N–H and O–H groups in total. The fourth-order valence-electron chi connectivity index (χ4n) is 1.43. The molecular formula is C14H17NOS. The molecule has 90 valence electrons. The second kappa shape index (κ2) is 6.97. The summed E-state index contributed by atoms with van der Waals surface area (Å²) in [6.07, 6.45) is 3.37. The van der Waals surface area contributed by atoms with Crippen molar-refractivity contribution in [1.29, 1.82) is 0 Å². The number of thioether (sulfide) groups is 1. The smallest absolute Gasteiger partial charge is 0.248 e. The zero-order valence-corrected chi connectivity index (χ0v) is 10.8. The van der Waals surface area contributed by atoms with Crippen LogP contribution in [0.5, 0.6) is 0 Å². The SMILES string of the molecule is C=CC(=O)NC(=C)Sc1ccccc1CCC. The summed E-state index contributed by atoms with van der Waals surface area (Å²) in [4.78, 5) is 12.3. The molecule has 0 heterocycles. The standard InChI is InChI=1S/C14H17NOS/c1-4-8-12-9-6-7-10-13(12)17-11(3)15-14(16)5-2/h5-7,9-10H,2-4,8H2,1H3,(H,15,16). The Morgan fingerprint density at radius 1 is 1.47 bits per heavy atom. The van der Waals surface area contributed by atoms with Crippen LogP contribution in [0.15, 0.2) is 53.4 Å². The van der Waals surface area contributed by atoms with Crippen molar-refractivity contribution >= 4 is 17.7 Å². The minimum atomic E-state index is -0.226. The quantitative estimate of drug-likeness (QED) is 0.615. The van der Waals surface area contributed by atoms with Gasteiger partial charge in [-0.1, -0.05) is 56.5 Å². The van der Waals surface area contributed by atoms with E-state index in [1.165, 1.54) is 23.4 Å². The van der Waals surface area contributed by atoms with E-state index in [1.54, 1.807) is 0 Å². The fourth-order valence-corrected chi connectivity index (χ4v) is 2.29. The molecule has 0 aliphatic heterocycles. The number of aryl methyl sites for hydroxylation is 1. The summed E-state index contributed by atoms with van der Waals surface area (Å²) in [6.45, 7) is 9.38. The third-order valence-electron chi connectivity index (χ3n) is 2.17. The first-order valence-corrected chi connectivity index (χ1v) is 6.37. The second-order valence-corrected chi connectivity index (χ2v) is 4.71. The lowest BCUT2D eigenvalue weighted by Crippen LogP contribution is -2.17. The Kier molecular flexibility index (Phi) is 5.57. The van der Waals surface area contributed by atoms with Crippen LogP contribution in [0.1, 0.15) is 18.9 Å². The molecule has 0 aliphatic carbocycles. The molecule has 1 aromatic carbocycles. The lowest BCUT2D eigenvalue weighted by molar-refractivity contribution is -0.115. The van der Waals surface area contributed by atoms with Crippen LogP contribution in [0.4, 0.5) is 0 Å². The van der Waals surface area contributed by atoms with Crippen molar-refractivity contribution in [3.8, 4) is 0 Å². The molecule has 0 radical (unpaired) electrons. The molecule has 0 atom stereocenters. The van der Waals surface area contributed by atoms with Crippen LogP contribution < -0.4 is 5.32 Å². The normalized spacial score (nSPS) is 9.71. The van der Waals surface area contributed by atoms with Gasteiger partial charge in [-0.2, -0.15) is 0 Å². The van der Waals surface area contributed by atoms with Crippen LogP contribution in [0.2, 0.25) is 0 Å². The lowest BCUT2D eigenvalue weighted by atomic mass is 10.1. The number of hydrogen-bond acceptors (Lipinski definition) is 2. The third kappa shape index (κ3) is 4.49. The van der Waals surface area contributed by atoms with Gasteiger partial charge >= 0.3 is 0 Å². The van der Waals surface area contributed by atoms with Crippen LogP contribution >= 0.6 is 11.8 Å². The summed E-state index contributed by atoms with van der Waals surface area (Å²) in [6, 6.07) is 8.17. The predicted octanol–water partition coefficient (Wildman–Crippen LogP) is 3.50.